The van der Waals surface area contributed by atoms with E-state index in [-0.39, 0.29) is 0 Å². The van der Waals surface area contributed by atoms with Crippen molar-refractivity contribution in [3.63, 3.8) is 0 Å². The molecule has 0 bridgehead atoms. The van der Waals surface area contributed by atoms with Crippen LogP contribution in [0.1, 0.15) is 46.1 Å². The van der Waals surface area contributed by atoms with Crippen molar-refractivity contribution in [2.75, 3.05) is 0 Å². The van der Waals surface area contributed by atoms with Gasteiger partial charge in [0.25, 0.3) is 0 Å². The van der Waals surface area contributed by atoms with Crippen LogP contribution in [-0.2, 0) is 29.7 Å². The summed E-state index contributed by atoms with van der Waals surface area (Å²) in [4.78, 5) is 0. The zero-order valence-electron chi connectivity index (χ0n) is 13.8. The summed E-state index contributed by atoms with van der Waals surface area (Å²) < 4.78 is 2.40. The fourth-order valence-corrected chi connectivity index (χ4v) is 7.74. The summed E-state index contributed by atoms with van der Waals surface area (Å²) in [6.45, 7) is 4.68. The van der Waals surface area contributed by atoms with Crippen molar-refractivity contribution in [2.24, 2.45) is 5.92 Å². The number of fused-ring (bicyclic) bond motifs is 2. The zero-order chi connectivity index (χ0) is 15.8. The Kier molecular flexibility index (Phi) is 4.24. The summed E-state index contributed by atoms with van der Waals surface area (Å²) in [6, 6.07) is 18.1. The minimum absolute atomic E-state index is 0.670. The molecule has 2 aromatic carbocycles. The molecule has 0 radical (unpaired) electrons. The standard InChI is InChI=1S/C13H15.C9H7.Zr/c1-3-10(2)12-9-8-11-6-4-5-7-13(11)12;1-2-5-9-7-3-6-8(9)4-1;/h4-10H,3H2,1-2H3;1-5H,6H2;. The summed E-state index contributed by atoms with van der Waals surface area (Å²) in [5, 5.41) is 0. The van der Waals surface area contributed by atoms with Crippen LogP contribution in [0.5, 0.6) is 0 Å². The van der Waals surface area contributed by atoms with Crippen LogP contribution >= 0.6 is 0 Å². The normalized spacial score (nSPS) is 19.7. The van der Waals surface area contributed by atoms with E-state index in [1.807, 2.05) is 0 Å². The third kappa shape index (κ3) is 2.74. The maximum atomic E-state index is 2.62. The first-order valence-corrected chi connectivity index (χ1v) is 11.3. The van der Waals surface area contributed by atoms with Gasteiger partial charge in [-0.2, -0.15) is 0 Å². The fraction of sp³-hybridized carbons (Fsp3) is 0.273. The summed E-state index contributed by atoms with van der Waals surface area (Å²) in [5.41, 5.74) is 7.79. The fourth-order valence-electron chi connectivity index (χ4n) is 3.75. The average molecular weight is 378 g/mol. The molecule has 23 heavy (non-hydrogen) atoms. The van der Waals surface area contributed by atoms with Gasteiger partial charge in [-0.1, -0.05) is 0 Å². The molecule has 2 aromatic rings. The van der Waals surface area contributed by atoms with Gasteiger partial charge in [-0.25, -0.2) is 0 Å². The molecule has 1 heteroatoms. The summed E-state index contributed by atoms with van der Waals surface area (Å²) in [7, 11) is 0. The Morgan fingerprint density at radius 2 is 1.78 bits per heavy atom. The molecule has 0 amide bonds. The molecular formula is C22H22Zr. The SMILES string of the molecule is CCC(C)C1=C[CH]([Zr][C]2=CCc3ccccc32)c2ccccc21. The molecule has 2 atom stereocenters. The van der Waals surface area contributed by atoms with E-state index in [2.05, 4.69) is 74.5 Å². The molecule has 0 saturated heterocycles. The van der Waals surface area contributed by atoms with Crippen molar-refractivity contribution >= 4 is 8.85 Å². The van der Waals surface area contributed by atoms with E-state index in [1.165, 1.54) is 17.5 Å². The first-order chi connectivity index (χ1) is 11.3. The Balaban J connectivity index is 1.67. The van der Waals surface area contributed by atoms with E-state index >= 15 is 0 Å². The molecule has 2 aliphatic rings. The van der Waals surface area contributed by atoms with Gasteiger partial charge in [0, 0.05) is 0 Å². The molecule has 114 valence electrons. The number of hydrogen-bond donors (Lipinski definition) is 0. The quantitative estimate of drug-likeness (QED) is 0.627. The van der Waals surface area contributed by atoms with E-state index < -0.39 is 23.2 Å². The van der Waals surface area contributed by atoms with Crippen LogP contribution < -0.4 is 0 Å². The second-order valence-electron chi connectivity index (χ2n) is 6.62. The van der Waals surface area contributed by atoms with Gasteiger partial charge in [0.2, 0.25) is 0 Å². The van der Waals surface area contributed by atoms with Crippen molar-refractivity contribution < 1.29 is 23.2 Å². The minimum atomic E-state index is -0.670. The van der Waals surface area contributed by atoms with Gasteiger partial charge in [-0.05, 0) is 0 Å². The number of benzene rings is 2. The van der Waals surface area contributed by atoms with E-state index in [0.717, 1.165) is 6.42 Å². The molecule has 2 aliphatic carbocycles. The van der Waals surface area contributed by atoms with Crippen LogP contribution in [0, 0.1) is 5.92 Å². The van der Waals surface area contributed by atoms with Crippen molar-refractivity contribution in [2.45, 2.75) is 30.3 Å². The number of rotatable bonds is 4. The van der Waals surface area contributed by atoms with Crippen molar-refractivity contribution in [3.8, 4) is 0 Å². The molecule has 0 spiro atoms. The number of allylic oxidation sites excluding steroid dienone is 3. The molecule has 0 N–H and O–H groups in total. The molecule has 4 rings (SSSR count). The van der Waals surface area contributed by atoms with Gasteiger partial charge in [0.05, 0.1) is 0 Å². The first kappa shape index (κ1) is 15.3. The molecule has 0 saturated carbocycles. The van der Waals surface area contributed by atoms with Gasteiger partial charge in [-0.3, -0.25) is 0 Å². The molecule has 0 aromatic heterocycles. The average Bonchev–Trinajstić information content (AvgIpc) is 3.17. The Morgan fingerprint density at radius 1 is 1.04 bits per heavy atom. The molecule has 0 heterocycles. The second-order valence-corrected chi connectivity index (χ2v) is 10.2. The van der Waals surface area contributed by atoms with Crippen molar-refractivity contribution in [3.05, 3.63) is 82.9 Å². The van der Waals surface area contributed by atoms with Gasteiger partial charge in [0.1, 0.15) is 0 Å². The van der Waals surface area contributed by atoms with E-state index in [1.54, 1.807) is 20.0 Å². The molecule has 0 aliphatic heterocycles. The maximum absolute atomic E-state index is 2.62. The Hall–Kier alpha value is -1.20. The Bertz CT molecular complexity index is 797. The second kappa shape index (κ2) is 6.36. The van der Waals surface area contributed by atoms with Crippen molar-refractivity contribution in [1.82, 2.24) is 0 Å². The van der Waals surface area contributed by atoms with Gasteiger partial charge in [0.15, 0.2) is 0 Å². The predicted molar refractivity (Wildman–Crippen MR) is 94.7 cm³/mol. The topological polar surface area (TPSA) is 0 Å². The van der Waals surface area contributed by atoms with Crippen LogP contribution in [0.15, 0.2) is 60.7 Å². The molecule has 2 unspecified atom stereocenters. The Labute approximate surface area is 150 Å². The van der Waals surface area contributed by atoms with Crippen LogP contribution in [-0.4, -0.2) is 0 Å². The van der Waals surface area contributed by atoms with E-state index in [9.17, 15) is 0 Å². The molecular weight excluding hydrogens is 355 g/mol. The van der Waals surface area contributed by atoms with Crippen molar-refractivity contribution in [1.29, 1.82) is 0 Å². The van der Waals surface area contributed by atoms with Gasteiger partial charge >= 0.3 is 151 Å². The third-order valence-electron chi connectivity index (χ3n) is 5.24. The zero-order valence-corrected chi connectivity index (χ0v) is 16.3. The summed E-state index contributed by atoms with van der Waals surface area (Å²) >= 11 is -0.670. The van der Waals surface area contributed by atoms with Crippen LogP contribution in [0.25, 0.3) is 8.85 Å². The van der Waals surface area contributed by atoms with Gasteiger partial charge < -0.3 is 0 Å². The first-order valence-electron chi connectivity index (χ1n) is 8.64. The molecule has 0 nitrogen and oxygen atoms in total. The summed E-state index contributed by atoms with van der Waals surface area (Å²) in [5.74, 6) is 0.672. The van der Waals surface area contributed by atoms with E-state index in [4.69, 9.17) is 0 Å². The summed E-state index contributed by atoms with van der Waals surface area (Å²) in [6.07, 6.45) is 7.49. The van der Waals surface area contributed by atoms with Crippen LogP contribution in [0.2, 0.25) is 0 Å². The van der Waals surface area contributed by atoms with Crippen LogP contribution in [0.4, 0.5) is 0 Å². The number of hydrogen-bond acceptors (Lipinski definition) is 0. The monoisotopic (exact) mass is 376 g/mol. The predicted octanol–water partition coefficient (Wildman–Crippen LogP) is 5.85. The van der Waals surface area contributed by atoms with E-state index in [0.29, 0.717) is 9.54 Å². The Morgan fingerprint density at radius 3 is 2.61 bits per heavy atom. The van der Waals surface area contributed by atoms with Gasteiger partial charge in [-0.15, -0.1) is 0 Å². The third-order valence-corrected chi connectivity index (χ3v) is 9.11. The molecule has 0 fully saturated rings. The van der Waals surface area contributed by atoms with Crippen LogP contribution in [0.3, 0.4) is 0 Å².